The molecule has 0 radical (unpaired) electrons. The van der Waals surface area contributed by atoms with Crippen LogP contribution in [0.3, 0.4) is 0 Å². The Morgan fingerprint density at radius 1 is 1.31 bits per heavy atom. The summed E-state index contributed by atoms with van der Waals surface area (Å²) in [6.07, 6.45) is -0.0613. The average Bonchev–Trinajstić information content (AvgIpc) is 3.07. The first-order valence-corrected chi connectivity index (χ1v) is 11.5. The van der Waals surface area contributed by atoms with Gasteiger partial charge in [-0.2, -0.15) is 0 Å². The zero-order valence-electron chi connectivity index (χ0n) is 19.9. The van der Waals surface area contributed by atoms with Crippen molar-refractivity contribution in [2.24, 2.45) is 29.1 Å². The third kappa shape index (κ3) is 4.12. The fourth-order valence-electron chi connectivity index (χ4n) is 5.98. The first-order valence-electron chi connectivity index (χ1n) is 11.5. The Labute approximate surface area is 190 Å². The van der Waals surface area contributed by atoms with Gasteiger partial charge in [-0.25, -0.2) is 9.59 Å². The number of fused-ring (bicyclic) bond motifs is 2. The van der Waals surface area contributed by atoms with Crippen LogP contribution in [0.4, 0.5) is 0 Å². The zero-order valence-corrected chi connectivity index (χ0v) is 19.9. The third-order valence-electron chi connectivity index (χ3n) is 7.60. The van der Waals surface area contributed by atoms with Crippen molar-refractivity contribution in [3.8, 4) is 0 Å². The minimum absolute atomic E-state index is 0.0542. The molecule has 0 bridgehead atoms. The van der Waals surface area contributed by atoms with E-state index in [0.717, 1.165) is 0 Å². The SMILES string of the molecule is C=C1C(=O)O[C@H]2C[C@@H](C)[C@@H]3[C@@H](O)C[C@@H](OC(=O)CC(C)C)[C@@]3(C)[C@@H](OC(=O)/C(C)=C\C)[C@H]12. The molecule has 0 aromatic rings. The van der Waals surface area contributed by atoms with Gasteiger partial charge < -0.3 is 19.3 Å². The number of aliphatic hydroxyl groups excluding tert-OH is 1. The Hall–Kier alpha value is -2.15. The molecular formula is C25H36O7. The Balaban J connectivity index is 2.08. The van der Waals surface area contributed by atoms with E-state index in [9.17, 15) is 19.5 Å². The fourth-order valence-corrected chi connectivity index (χ4v) is 5.98. The number of allylic oxidation sites excluding steroid dienone is 1. The van der Waals surface area contributed by atoms with Gasteiger partial charge >= 0.3 is 17.9 Å². The van der Waals surface area contributed by atoms with Crippen LogP contribution in [0.2, 0.25) is 0 Å². The van der Waals surface area contributed by atoms with Gasteiger partial charge in [0.1, 0.15) is 18.3 Å². The van der Waals surface area contributed by atoms with E-state index >= 15 is 0 Å². The second kappa shape index (κ2) is 9.00. The summed E-state index contributed by atoms with van der Waals surface area (Å²) in [6, 6.07) is 0. The summed E-state index contributed by atoms with van der Waals surface area (Å²) in [7, 11) is 0. The van der Waals surface area contributed by atoms with Crippen LogP contribution in [0.5, 0.6) is 0 Å². The number of carbonyl (C=O) groups excluding carboxylic acids is 3. The molecule has 7 nitrogen and oxygen atoms in total. The number of hydrogen-bond donors (Lipinski definition) is 1. The predicted molar refractivity (Wildman–Crippen MR) is 117 cm³/mol. The molecule has 1 heterocycles. The summed E-state index contributed by atoms with van der Waals surface area (Å²) >= 11 is 0. The molecule has 2 aliphatic carbocycles. The lowest BCUT2D eigenvalue weighted by Crippen LogP contribution is -2.52. The summed E-state index contributed by atoms with van der Waals surface area (Å²) in [5.41, 5.74) is -0.221. The van der Waals surface area contributed by atoms with Crippen molar-refractivity contribution >= 4 is 17.9 Å². The first kappa shape index (κ1) is 24.5. The number of aliphatic hydroxyl groups is 1. The van der Waals surface area contributed by atoms with Gasteiger partial charge in [0.05, 0.1) is 12.0 Å². The lowest BCUT2D eigenvalue weighted by Gasteiger charge is -2.44. The minimum Gasteiger partial charge on any atom is -0.462 e. The largest absolute Gasteiger partial charge is 0.462 e. The van der Waals surface area contributed by atoms with Crippen molar-refractivity contribution < 1.29 is 33.7 Å². The third-order valence-corrected chi connectivity index (χ3v) is 7.60. The van der Waals surface area contributed by atoms with Crippen LogP contribution in [-0.2, 0) is 28.6 Å². The van der Waals surface area contributed by atoms with Gasteiger partial charge in [0.25, 0.3) is 0 Å². The molecule has 0 spiro atoms. The highest BCUT2D eigenvalue weighted by atomic mass is 16.6. The molecule has 1 saturated heterocycles. The number of hydrogen-bond acceptors (Lipinski definition) is 7. The maximum Gasteiger partial charge on any atom is 0.334 e. The Morgan fingerprint density at radius 3 is 2.56 bits per heavy atom. The molecule has 32 heavy (non-hydrogen) atoms. The lowest BCUT2D eigenvalue weighted by atomic mass is 9.66. The second-order valence-corrected chi connectivity index (χ2v) is 10.3. The molecule has 178 valence electrons. The van der Waals surface area contributed by atoms with E-state index in [1.54, 1.807) is 19.9 Å². The summed E-state index contributed by atoms with van der Waals surface area (Å²) in [5.74, 6) is -2.15. The Morgan fingerprint density at radius 2 is 1.97 bits per heavy atom. The molecule has 0 aromatic heterocycles. The quantitative estimate of drug-likeness (QED) is 0.391. The summed E-state index contributed by atoms with van der Waals surface area (Å²) in [4.78, 5) is 37.9. The van der Waals surface area contributed by atoms with E-state index in [4.69, 9.17) is 14.2 Å². The highest BCUT2D eigenvalue weighted by Crippen LogP contribution is 2.59. The van der Waals surface area contributed by atoms with Gasteiger partial charge in [-0.05, 0) is 32.1 Å². The molecule has 0 amide bonds. The number of ether oxygens (including phenoxy) is 3. The van der Waals surface area contributed by atoms with Crippen LogP contribution in [0.15, 0.2) is 23.8 Å². The van der Waals surface area contributed by atoms with Gasteiger partial charge in [-0.15, -0.1) is 0 Å². The van der Waals surface area contributed by atoms with E-state index in [-0.39, 0.29) is 42.1 Å². The van der Waals surface area contributed by atoms with Gasteiger partial charge in [-0.3, -0.25) is 4.79 Å². The Kier molecular flexibility index (Phi) is 6.89. The maximum atomic E-state index is 12.9. The van der Waals surface area contributed by atoms with E-state index in [1.165, 1.54) is 0 Å². The topological polar surface area (TPSA) is 99.1 Å². The molecule has 3 rings (SSSR count). The van der Waals surface area contributed by atoms with Crippen LogP contribution in [0, 0.1) is 29.1 Å². The summed E-state index contributed by atoms with van der Waals surface area (Å²) < 4.78 is 17.6. The number of carbonyl (C=O) groups is 3. The molecule has 1 aliphatic heterocycles. The van der Waals surface area contributed by atoms with Crippen molar-refractivity contribution in [2.75, 3.05) is 0 Å². The molecule has 8 atom stereocenters. The average molecular weight is 449 g/mol. The van der Waals surface area contributed by atoms with E-state index in [1.807, 2.05) is 27.7 Å². The molecule has 2 saturated carbocycles. The Bertz CT molecular complexity index is 828. The monoisotopic (exact) mass is 448 g/mol. The van der Waals surface area contributed by atoms with Crippen LogP contribution in [0.25, 0.3) is 0 Å². The molecule has 7 heteroatoms. The van der Waals surface area contributed by atoms with Crippen molar-refractivity contribution in [1.29, 1.82) is 0 Å². The van der Waals surface area contributed by atoms with E-state index in [2.05, 4.69) is 6.58 Å². The zero-order chi connectivity index (χ0) is 24.0. The summed E-state index contributed by atoms with van der Waals surface area (Å²) in [5, 5.41) is 11.1. The summed E-state index contributed by atoms with van der Waals surface area (Å²) in [6.45, 7) is 15.1. The van der Waals surface area contributed by atoms with Crippen LogP contribution in [-0.4, -0.2) is 47.4 Å². The fraction of sp³-hybridized carbons (Fsp3) is 0.720. The molecule has 0 unspecified atom stereocenters. The van der Waals surface area contributed by atoms with Gasteiger partial charge in [0.2, 0.25) is 0 Å². The van der Waals surface area contributed by atoms with Crippen molar-refractivity contribution in [3.05, 3.63) is 23.8 Å². The standard InChI is InChI=1S/C25H36O7/c1-8-13(4)23(28)32-22-20-15(6)24(29)30-17(20)10-14(5)21-16(26)11-18(25(21,22)7)31-19(27)9-12(2)3/h8,12,14,16-18,20-22,26H,6,9-11H2,1-5,7H3/b13-8-/t14-,16+,17+,18-,20-,21-,22+,25-/m1/s1. The first-order chi connectivity index (χ1) is 14.9. The lowest BCUT2D eigenvalue weighted by molar-refractivity contribution is -0.177. The molecule has 3 fully saturated rings. The molecule has 3 aliphatic rings. The number of esters is 3. The molecule has 1 N–H and O–H groups in total. The molecule has 0 aromatic carbocycles. The predicted octanol–water partition coefficient (Wildman–Crippen LogP) is 3.35. The van der Waals surface area contributed by atoms with Crippen LogP contribution < -0.4 is 0 Å². The maximum absolute atomic E-state index is 12.9. The number of rotatable bonds is 5. The highest BCUT2D eigenvalue weighted by molar-refractivity contribution is 5.91. The molecular weight excluding hydrogens is 412 g/mol. The normalized spacial score (nSPS) is 39.2. The van der Waals surface area contributed by atoms with Gasteiger partial charge in [0.15, 0.2) is 0 Å². The minimum atomic E-state index is -0.911. The van der Waals surface area contributed by atoms with Crippen LogP contribution >= 0.6 is 0 Å². The van der Waals surface area contributed by atoms with E-state index < -0.39 is 47.7 Å². The van der Waals surface area contributed by atoms with Crippen molar-refractivity contribution in [1.82, 2.24) is 0 Å². The van der Waals surface area contributed by atoms with Gasteiger partial charge in [0, 0.05) is 35.3 Å². The highest BCUT2D eigenvalue weighted by Gasteiger charge is 2.66. The van der Waals surface area contributed by atoms with Crippen molar-refractivity contribution in [3.63, 3.8) is 0 Å². The van der Waals surface area contributed by atoms with Crippen LogP contribution in [0.1, 0.15) is 60.8 Å². The van der Waals surface area contributed by atoms with E-state index in [0.29, 0.717) is 12.0 Å². The second-order valence-electron chi connectivity index (χ2n) is 10.3. The van der Waals surface area contributed by atoms with Gasteiger partial charge in [-0.1, -0.05) is 40.3 Å². The van der Waals surface area contributed by atoms with Crippen molar-refractivity contribution in [2.45, 2.75) is 85.2 Å². The smallest absolute Gasteiger partial charge is 0.334 e.